The van der Waals surface area contributed by atoms with Crippen molar-refractivity contribution in [2.24, 2.45) is 0 Å². The number of likely N-dealkylation sites (N-methyl/N-ethyl adjacent to an activating group) is 1. The van der Waals surface area contributed by atoms with Crippen molar-refractivity contribution in [3.63, 3.8) is 0 Å². The molecule has 2 aromatic rings. The zero-order valence-corrected chi connectivity index (χ0v) is 10.6. The molecule has 6 heteroatoms. The molecule has 0 bridgehead atoms. The first-order chi connectivity index (χ1) is 8.66. The van der Waals surface area contributed by atoms with Crippen molar-refractivity contribution in [3.05, 3.63) is 12.1 Å². The Morgan fingerprint density at radius 2 is 2.06 bits per heavy atom. The molecule has 1 aromatic heterocycles. The Bertz CT molecular complexity index is 567. The zero-order valence-electron chi connectivity index (χ0n) is 10.6. The number of nitrogens with zero attached hydrogens (tertiary/aromatic N) is 4. The normalized spacial score (nSPS) is 21.7. The van der Waals surface area contributed by atoms with E-state index in [2.05, 4.69) is 34.1 Å². The molecule has 1 atom stereocenters. The molecule has 0 amide bonds. The second-order valence-electron chi connectivity index (χ2n) is 4.91. The molecule has 1 aliphatic rings. The Morgan fingerprint density at radius 1 is 1.28 bits per heavy atom. The molecule has 1 fully saturated rings. The van der Waals surface area contributed by atoms with E-state index in [0.29, 0.717) is 17.2 Å². The molecule has 96 valence electrons. The van der Waals surface area contributed by atoms with Gasteiger partial charge in [-0.2, -0.15) is 0 Å². The van der Waals surface area contributed by atoms with E-state index in [1.807, 2.05) is 12.1 Å². The monoisotopic (exact) mass is 247 g/mol. The van der Waals surface area contributed by atoms with E-state index >= 15 is 0 Å². The van der Waals surface area contributed by atoms with Crippen LogP contribution in [0.15, 0.2) is 16.8 Å². The maximum atomic E-state index is 5.86. The molecule has 3 rings (SSSR count). The van der Waals surface area contributed by atoms with Crippen LogP contribution in [-0.4, -0.2) is 47.9 Å². The highest BCUT2D eigenvalue weighted by molar-refractivity contribution is 5.95. The van der Waals surface area contributed by atoms with Gasteiger partial charge in [-0.15, -0.1) is 0 Å². The summed E-state index contributed by atoms with van der Waals surface area (Å²) in [7, 11) is 2.15. The van der Waals surface area contributed by atoms with Gasteiger partial charge in [-0.05, 0) is 36.4 Å². The first kappa shape index (κ1) is 11.3. The van der Waals surface area contributed by atoms with Crippen LogP contribution in [0.25, 0.3) is 11.0 Å². The van der Waals surface area contributed by atoms with Gasteiger partial charge in [0.05, 0.1) is 11.4 Å². The van der Waals surface area contributed by atoms with E-state index in [0.717, 1.165) is 30.8 Å². The number of hydrogen-bond acceptors (Lipinski definition) is 6. The van der Waals surface area contributed by atoms with Gasteiger partial charge in [0.2, 0.25) is 0 Å². The Hall–Kier alpha value is -1.82. The number of piperazine rings is 1. The number of benzene rings is 1. The van der Waals surface area contributed by atoms with Crippen LogP contribution in [0.1, 0.15) is 6.92 Å². The molecule has 0 spiro atoms. The zero-order chi connectivity index (χ0) is 12.7. The quantitative estimate of drug-likeness (QED) is 0.756. The Balaban J connectivity index is 2.00. The van der Waals surface area contributed by atoms with Crippen LogP contribution in [0.4, 0.5) is 11.4 Å². The van der Waals surface area contributed by atoms with Gasteiger partial charge in [0.1, 0.15) is 0 Å². The lowest BCUT2D eigenvalue weighted by molar-refractivity contribution is 0.234. The van der Waals surface area contributed by atoms with Crippen molar-refractivity contribution in [2.75, 3.05) is 37.3 Å². The summed E-state index contributed by atoms with van der Waals surface area (Å²) in [5, 5.41) is 7.84. The molecule has 18 heavy (non-hydrogen) atoms. The number of rotatable bonds is 1. The minimum Gasteiger partial charge on any atom is -0.397 e. The van der Waals surface area contributed by atoms with Crippen molar-refractivity contribution in [1.29, 1.82) is 0 Å². The summed E-state index contributed by atoms with van der Waals surface area (Å²) in [5.41, 5.74) is 8.93. The highest BCUT2D eigenvalue weighted by atomic mass is 16.6. The van der Waals surface area contributed by atoms with Gasteiger partial charge in [-0.3, -0.25) is 0 Å². The summed E-state index contributed by atoms with van der Waals surface area (Å²) in [6.45, 7) is 5.22. The van der Waals surface area contributed by atoms with E-state index in [1.165, 1.54) is 0 Å². The third-order valence-corrected chi connectivity index (χ3v) is 3.73. The van der Waals surface area contributed by atoms with Gasteiger partial charge >= 0.3 is 0 Å². The largest absolute Gasteiger partial charge is 0.397 e. The van der Waals surface area contributed by atoms with Crippen LogP contribution >= 0.6 is 0 Å². The maximum absolute atomic E-state index is 5.86. The summed E-state index contributed by atoms with van der Waals surface area (Å²) >= 11 is 0. The molecule has 0 aliphatic carbocycles. The van der Waals surface area contributed by atoms with Gasteiger partial charge in [-0.25, -0.2) is 4.63 Å². The molecule has 1 unspecified atom stereocenters. The summed E-state index contributed by atoms with van der Waals surface area (Å²) < 4.78 is 4.81. The highest BCUT2D eigenvalue weighted by Crippen LogP contribution is 2.29. The summed E-state index contributed by atoms with van der Waals surface area (Å²) in [5.74, 6) is 0. The lowest BCUT2D eigenvalue weighted by atomic mass is 10.1. The molecule has 6 nitrogen and oxygen atoms in total. The van der Waals surface area contributed by atoms with Crippen LogP contribution in [0.2, 0.25) is 0 Å². The predicted molar refractivity (Wildman–Crippen MR) is 70.5 cm³/mol. The molecule has 1 aromatic carbocycles. The molecular weight excluding hydrogens is 230 g/mol. The molecule has 2 heterocycles. The van der Waals surface area contributed by atoms with Crippen LogP contribution in [-0.2, 0) is 0 Å². The molecule has 0 radical (unpaired) electrons. The Morgan fingerprint density at radius 3 is 2.83 bits per heavy atom. The molecular formula is C12H17N5O. The van der Waals surface area contributed by atoms with Crippen LogP contribution in [0.5, 0.6) is 0 Å². The summed E-state index contributed by atoms with van der Waals surface area (Å²) in [6.07, 6.45) is 0. The molecule has 2 N–H and O–H groups in total. The van der Waals surface area contributed by atoms with E-state index in [9.17, 15) is 0 Å². The Labute approximate surface area is 105 Å². The van der Waals surface area contributed by atoms with Crippen molar-refractivity contribution in [2.45, 2.75) is 13.0 Å². The lowest BCUT2D eigenvalue weighted by Crippen LogP contribution is -2.50. The minimum atomic E-state index is 0.520. The number of hydrogen-bond donors (Lipinski definition) is 1. The van der Waals surface area contributed by atoms with Crippen LogP contribution in [0, 0.1) is 0 Å². The predicted octanol–water partition coefficient (Wildman–Crippen LogP) is 0.945. The summed E-state index contributed by atoms with van der Waals surface area (Å²) in [4.78, 5) is 4.67. The van der Waals surface area contributed by atoms with E-state index < -0.39 is 0 Å². The SMILES string of the molecule is CC1CN(c2ccc(N)c3nonc23)CCN1C. The molecule has 1 aliphatic heterocycles. The number of aromatic nitrogens is 2. The van der Waals surface area contributed by atoms with Crippen molar-refractivity contribution >= 4 is 22.4 Å². The van der Waals surface area contributed by atoms with E-state index in [-0.39, 0.29) is 0 Å². The van der Waals surface area contributed by atoms with Crippen LogP contribution in [0.3, 0.4) is 0 Å². The highest BCUT2D eigenvalue weighted by Gasteiger charge is 2.23. The third kappa shape index (κ3) is 1.69. The maximum Gasteiger partial charge on any atom is 0.160 e. The second kappa shape index (κ2) is 4.13. The van der Waals surface area contributed by atoms with Gasteiger partial charge in [0.25, 0.3) is 0 Å². The topological polar surface area (TPSA) is 71.4 Å². The fourth-order valence-corrected chi connectivity index (χ4v) is 2.40. The van der Waals surface area contributed by atoms with E-state index in [1.54, 1.807) is 0 Å². The lowest BCUT2D eigenvalue weighted by Gasteiger charge is -2.38. The first-order valence-electron chi connectivity index (χ1n) is 6.13. The standard InChI is InChI=1S/C12H17N5O/c1-8-7-17(6-5-16(8)2)10-4-3-9(13)11-12(10)15-18-14-11/h3-4,8H,5-7,13H2,1-2H3. The average Bonchev–Trinajstić information content (AvgIpc) is 2.83. The van der Waals surface area contributed by atoms with Crippen molar-refractivity contribution in [3.8, 4) is 0 Å². The number of fused-ring (bicyclic) bond motifs is 1. The Kier molecular flexibility index (Phi) is 2.59. The second-order valence-corrected chi connectivity index (χ2v) is 4.91. The molecule has 0 saturated carbocycles. The number of anilines is 2. The van der Waals surface area contributed by atoms with E-state index in [4.69, 9.17) is 10.4 Å². The molecule has 1 saturated heterocycles. The van der Waals surface area contributed by atoms with Crippen molar-refractivity contribution < 1.29 is 4.63 Å². The van der Waals surface area contributed by atoms with Crippen LogP contribution < -0.4 is 10.6 Å². The van der Waals surface area contributed by atoms with Gasteiger partial charge < -0.3 is 15.5 Å². The van der Waals surface area contributed by atoms with Gasteiger partial charge in [-0.1, -0.05) is 0 Å². The fraction of sp³-hybridized carbons (Fsp3) is 0.500. The fourth-order valence-electron chi connectivity index (χ4n) is 2.40. The average molecular weight is 247 g/mol. The summed E-state index contributed by atoms with van der Waals surface area (Å²) in [6, 6.07) is 4.39. The van der Waals surface area contributed by atoms with Gasteiger partial charge in [0.15, 0.2) is 11.0 Å². The smallest absolute Gasteiger partial charge is 0.160 e. The van der Waals surface area contributed by atoms with Crippen molar-refractivity contribution in [1.82, 2.24) is 15.2 Å². The first-order valence-corrected chi connectivity index (χ1v) is 6.13. The minimum absolute atomic E-state index is 0.520. The third-order valence-electron chi connectivity index (χ3n) is 3.73. The number of nitrogen functional groups attached to an aromatic ring is 1. The number of nitrogens with two attached hydrogens (primary N) is 1. The van der Waals surface area contributed by atoms with Gasteiger partial charge in [0, 0.05) is 25.7 Å².